The highest BCUT2D eigenvalue weighted by molar-refractivity contribution is 6.02. The first-order valence-corrected chi connectivity index (χ1v) is 18.8. The molecule has 3 N–H and O–H groups in total. The van der Waals surface area contributed by atoms with Crippen molar-refractivity contribution in [2.75, 3.05) is 5.32 Å². The molecule has 0 radical (unpaired) electrons. The number of anilines is 1. The summed E-state index contributed by atoms with van der Waals surface area (Å²) in [5.74, 6) is 1.38. The molecule has 3 amide bonds. The molecule has 3 saturated carbocycles. The van der Waals surface area contributed by atoms with Crippen LogP contribution in [0.2, 0.25) is 0 Å². The molecule has 6 nitrogen and oxygen atoms in total. The van der Waals surface area contributed by atoms with Crippen LogP contribution in [0.15, 0.2) is 18.2 Å². The van der Waals surface area contributed by atoms with Crippen LogP contribution in [0.4, 0.5) is 5.69 Å². The van der Waals surface area contributed by atoms with Crippen LogP contribution in [-0.4, -0.2) is 34.7 Å². The van der Waals surface area contributed by atoms with Crippen LogP contribution in [0, 0.1) is 34.5 Å². The van der Waals surface area contributed by atoms with Gasteiger partial charge < -0.3 is 16.0 Å². The van der Waals surface area contributed by atoms with Crippen LogP contribution in [0.1, 0.15) is 172 Å². The zero-order valence-corrected chi connectivity index (χ0v) is 30.3. The minimum absolute atomic E-state index is 0.00936. The summed E-state index contributed by atoms with van der Waals surface area (Å²) >= 11 is 0. The molecule has 3 aliphatic carbocycles. The molecule has 46 heavy (non-hydrogen) atoms. The number of nitrogens with two attached hydrogens (primary N) is 1. The fourth-order valence-electron chi connectivity index (χ4n) is 8.83. The Labute approximate surface area is 280 Å². The van der Waals surface area contributed by atoms with Crippen LogP contribution in [0.5, 0.6) is 0 Å². The van der Waals surface area contributed by atoms with Crippen molar-refractivity contribution in [2.45, 2.75) is 163 Å². The fourth-order valence-corrected chi connectivity index (χ4v) is 8.83. The van der Waals surface area contributed by atoms with Crippen molar-refractivity contribution < 1.29 is 14.4 Å². The second-order valence-electron chi connectivity index (χ2n) is 17.3. The Hall–Kier alpha value is -2.37. The molecule has 0 aliphatic heterocycles. The number of rotatable bonds is 10. The van der Waals surface area contributed by atoms with Crippen LogP contribution >= 0.6 is 0 Å². The molecular formula is C40H65N3O3. The van der Waals surface area contributed by atoms with E-state index in [-0.39, 0.29) is 46.2 Å². The molecule has 3 aliphatic rings. The average molecular weight is 636 g/mol. The molecule has 0 saturated heterocycles. The van der Waals surface area contributed by atoms with Crippen molar-refractivity contribution >= 4 is 23.4 Å². The van der Waals surface area contributed by atoms with Gasteiger partial charge in [-0.2, -0.15) is 0 Å². The number of hydrogen-bond acceptors (Lipinski definition) is 3. The maximum absolute atomic E-state index is 14.6. The van der Waals surface area contributed by atoms with E-state index in [0.717, 1.165) is 83.0 Å². The molecule has 0 spiro atoms. The predicted octanol–water partition coefficient (Wildman–Crippen LogP) is 9.76. The second-order valence-corrected chi connectivity index (χ2v) is 17.3. The smallest absolute Gasteiger partial charge is 0.254 e. The molecule has 1 aromatic rings. The fraction of sp³-hybridized carbons (Fsp3) is 0.775. The lowest BCUT2D eigenvalue weighted by Crippen LogP contribution is -2.50. The normalized spacial score (nSPS) is 27.5. The van der Waals surface area contributed by atoms with E-state index in [1.807, 2.05) is 0 Å². The van der Waals surface area contributed by atoms with Gasteiger partial charge in [-0.1, -0.05) is 74.1 Å². The number of nitrogens with one attached hydrogen (secondary N) is 1. The van der Waals surface area contributed by atoms with Crippen LogP contribution in [0.3, 0.4) is 0 Å². The third-order valence-electron chi connectivity index (χ3n) is 12.0. The minimum Gasteiger partial charge on any atom is -0.366 e. The maximum Gasteiger partial charge on any atom is 0.254 e. The zero-order valence-electron chi connectivity index (χ0n) is 30.3. The number of carbonyl (C=O) groups excluding carboxylic acids is 3. The van der Waals surface area contributed by atoms with Gasteiger partial charge in [0.05, 0.1) is 0 Å². The van der Waals surface area contributed by atoms with E-state index in [9.17, 15) is 14.4 Å². The van der Waals surface area contributed by atoms with E-state index >= 15 is 0 Å². The number of nitrogens with zero attached hydrogens (tertiary/aromatic N) is 1. The quantitative estimate of drug-likeness (QED) is 0.251. The molecule has 0 atom stereocenters. The van der Waals surface area contributed by atoms with E-state index in [2.05, 4.69) is 58.7 Å². The Bertz CT molecular complexity index is 1140. The Morgan fingerprint density at radius 2 is 1.22 bits per heavy atom. The molecule has 3 fully saturated rings. The van der Waals surface area contributed by atoms with Gasteiger partial charge in [0.1, 0.15) is 0 Å². The number of unbranched alkanes of at least 4 members (excludes halogenated alkanes) is 2. The molecule has 0 unspecified atom stereocenters. The Morgan fingerprint density at radius 1 is 0.717 bits per heavy atom. The number of amides is 3. The Kier molecular flexibility index (Phi) is 12.4. The highest BCUT2D eigenvalue weighted by Crippen LogP contribution is 2.43. The molecule has 4 rings (SSSR count). The lowest BCUT2D eigenvalue weighted by Gasteiger charge is -2.47. The van der Waals surface area contributed by atoms with Crippen LogP contribution in [-0.2, 0) is 4.79 Å². The number of hydrogen-bond donors (Lipinski definition) is 2. The summed E-state index contributed by atoms with van der Waals surface area (Å²) in [7, 11) is 0. The van der Waals surface area contributed by atoms with Crippen LogP contribution in [0.25, 0.3) is 0 Å². The van der Waals surface area contributed by atoms with Gasteiger partial charge in [0.2, 0.25) is 11.8 Å². The standard InChI is InChI=1S/C40H65N3O3/c1-8-9-10-11-27-12-14-28(15-13-27)37(45)42-33-25-29(36(41)44)24-30(26-33)38(46)43(34-20-16-31(17-21-34)39(2,3)4)35-22-18-32(19-23-35)40(5,6)7/h24-28,31-32,34-35H,8-23H2,1-7H3,(H2,41,44)(H,42,45)/t27-,28+,31-,32-,34+,35+. The number of primary amides is 1. The number of benzene rings is 1. The van der Waals surface area contributed by atoms with Crippen LogP contribution < -0.4 is 11.1 Å². The second kappa shape index (κ2) is 15.7. The zero-order chi connectivity index (χ0) is 33.6. The topological polar surface area (TPSA) is 92.5 Å². The lowest BCUT2D eigenvalue weighted by molar-refractivity contribution is -0.121. The predicted molar refractivity (Wildman–Crippen MR) is 190 cm³/mol. The van der Waals surface area contributed by atoms with Gasteiger partial charge in [-0.15, -0.1) is 0 Å². The Balaban J connectivity index is 1.53. The van der Waals surface area contributed by atoms with Gasteiger partial charge in [0.15, 0.2) is 0 Å². The molecule has 0 aromatic heterocycles. The van der Waals surface area contributed by atoms with Crippen molar-refractivity contribution in [3.8, 4) is 0 Å². The van der Waals surface area contributed by atoms with E-state index in [1.165, 1.54) is 25.7 Å². The van der Waals surface area contributed by atoms with Gasteiger partial charge in [-0.3, -0.25) is 14.4 Å². The molecule has 0 bridgehead atoms. The molecule has 258 valence electrons. The molecule has 1 aromatic carbocycles. The third-order valence-corrected chi connectivity index (χ3v) is 12.0. The first-order valence-electron chi connectivity index (χ1n) is 18.8. The highest BCUT2D eigenvalue weighted by atomic mass is 16.2. The van der Waals surface area contributed by atoms with Gasteiger partial charge >= 0.3 is 0 Å². The summed E-state index contributed by atoms with van der Waals surface area (Å²) in [4.78, 5) is 42.7. The van der Waals surface area contributed by atoms with Crippen molar-refractivity contribution in [2.24, 2.45) is 40.2 Å². The summed E-state index contributed by atoms with van der Waals surface area (Å²) in [5, 5.41) is 3.09. The van der Waals surface area contributed by atoms with Crippen molar-refractivity contribution in [1.29, 1.82) is 0 Å². The van der Waals surface area contributed by atoms with E-state index in [4.69, 9.17) is 5.73 Å². The van der Waals surface area contributed by atoms with Crippen molar-refractivity contribution in [3.63, 3.8) is 0 Å². The van der Waals surface area contributed by atoms with Crippen molar-refractivity contribution in [1.82, 2.24) is 4.90 Å². The highest BCUT2D eigenvalue weighted by Gasteiger charge is 2.40. The molecule has 0 heterocycles. The van der Waals surface area contributed by atoms with E-state index < -0.39 is 5.91 Å². The lowest BCUT2D eigenvalue weighted by atomic mass is 9.69. The maximum atomic E-state index is 14.6. The summed E-state index contributed by atoms with van der Waals surface area (Å²) in [6, 6.07) is 5.45. The SMILES string of the molecule is CCCCC[C@H]1CC[C@@H](C(=O)Nc2cc(C(N)=O)cc(C(=O)N([C@H]3CC[C@@H](C(C)(C)C)CC3)[C@H]3CC[C@@H](C(C)(C)C)CC3)c2)CC1. The van der Waals surface area contributed by atoms with E-state index in [0.29, 0.717) is 23.1 Å². The van der Waals surface area contributed by atoms with E-state index in [1.54, 1.807) is 18.2 Å². The summed E-state index contributed by atoms with van der Waals surface area (Å²) in [6.07, 6.45) is 17.6. The van der Waals surface area contributed by atoms with Crippen molar-refractivity contribution in [3.05, 3.63) is 29.3 Å². The Morgan fingerprint density at radius 3 is 1.67 bits per heavy atom. The summed E-state index contributed by atoms with van der Waals surface area (Å²) in [5.41, 5.74) is 7.55. The van der Waals surface area contributed by atoms with Gasteiger partial charge in [0.25, 0.3) is 5.91 Å². The third kappa shape index (κ3) is 9.60. The summed E-state index contributed by atoms with van der Waals surface area (Å²) in [6.45, 7) is 16.2. The van der Waals surface area contributed by atoms with Gasteiger partial charge in [-0.05, 0) is 124 Å². The average Bonchev–Trinajstić information content (AvgIpc) is 3.01. The molecular weight excluding hydrogens is 570 g/mol. The first kappa shape index (κ1) is 36.5. The van der Waals surface area contributed by atoms with Gasteiger partial charge in [-0.25, -0.2) is 0 Å². The summed E-state index contributed by atoms with van der Waals surface area (Å²) < 4.78 is 0. The number of carbonyl (C=O) groups is 3. The van der Waals surface area contributed by atoms with Gasteiger partial charge in [0, 0.05) is 34.8 Å². The first-order chi connectivity index (χ1) is 21.7. The largest absolute Gasteiger partial charge is 0.366 e. The minimum atomic E-state index is -0.583. The molecule has 6 heteroatoms. The monoisotopic (exact) mass is 636 g/mol.